The number of azide groups is 1. The first-order valence-corrected chi connectivity index (χ1v) is 6.01. The van der Waals surface area contributed by atoms with E-state index in [9.17, 15) is 15.0 Å². The molecule has 0 bridgehead atoms. The van der Waals surface area contributed by atoms with Crippen LogP contribution < -0.4 is 0 Å². The third kappa shape index (κ3) is 4.89. The lowest BCUT2D eigenvalue weighted by Gasteiger charge is -2.21. The molecule has 0 aromatic heterocycles. The van der Waals surface area contributed by atoms with Crippen LogP contribution in [0, 0.1) is 0 Å². The molecule has 0 saturated carbocycles. The minimum absolute atomic E-state index is 0.214. The highest BCUT2D eigenvalue weighted by Gasteiger charge is 2.33. The van der Waals surface area contributed by atoms with Crippen molar-refractivity contribution < 1.29 is 19.8 Å². The highest BCUT2D eigenvalue weighted by Crippen LogP contribution is 2.21. The Hall–Kier alpha value is -1.34. The average molecular weight is 258 g/mol. The van der Waals surface area contributed by atoms with Crippen LogP contribution in [0.3, 0.4) is 0 Å². The number of hydrogen-bond acceptors (Lipinski definition) is 6. The molecule has 1 aliphatic heterocycles. The topological polar surface area (TPSA) is 119 Å². The van der Waals surface area contributed by atoms with Gasteiger partial charge in [0.25, 0.3) is 0 Å². The maximum atomic E-state index is 11.4. The largest absolute Gasteiger partial charge is 0.375 e. The molecule has 2 N–H and O–H groups in total. The normalized spacial score (nSPS) is 23.7. The average Bonchev–Trinajstić information content (AvgIpc) is 2.65. The molecule has 2 unspecified atom stereocenters. The van der Waals surface area contributed by atoms with Crippen LogP contribution >= 0.6 is 0 Å². The molecule has 1 rings (SSSR count). The van der Waals surface area contributed by atoms with E-state index >= 15 is 0 Å². The zero-order valence-electron chi connectivity index (χ0n) is 10.1. The van der Waals surface area contributed by atoms with Crippen molar-refractivity contribution in [3.05, 3.63) is 10.4 Å². The summed E-state index contributed by atoms with van der Waals surface area (Å²) in [4.78, 5) is 18.9. The maximum absolute atomic E-state index is 11.4. The van der Waals surface area contributed by atoms with Gasteiger partial charge in [-0.2, -0.15) is 0 Å². The van der Waals surface area contributed by atoms with E-state index in [-0.39, 0.29) is 6.42 Å². The zero-order valence-corrected chi connectivity index (χ0v) is 10.1. The van der Waals surface area contributed by atoms with E-state index in [4.69, 9.17) is 10.4 Å². The molecule has 8 heteroatoms. The van der Waals surface area contributed by atoms with Gasteiger partial charge in [0.05, 0.1) is 0 Å². The summed E-state index contributed by atoms with van der Waals surface area (Å²) >= 11 is 0. The van der Waals surface area contributed by atoms with E-state index < -0.39 is 18.4 Å². The molecule has 0 aromatic rings. The molecule has 0 amide bonds. The summed E-state index contributed by atoms with van der Waals surface area (Å²) < 4.78 is 0. The van der Waals surface area contributed by atoms with Gasteiger partial charge in [-0.25, -0.2) is 0 Å². The van der Waals surface area contributed by atoms with Gasteiger partial charge in [0.1, 0.15) is 12.5 Å². The molecule has 18 heavy (non-hydrogen) atoms. The molecule has 1 heterocycles. The van der Waals surface area contributed by atoms with Gasteiger partial charge in [0, 0.05) is 17.9 Å². The standard InChI is InChI=1S/C10H18N4O4/c11-13-12-7-3-1-2-4-10(17)18-14-8(15)5-6-9(14)16/h8-9,15-16H,1-7H2. The van der Waals surface area contributed by atoms with Crippen LogP contribution in [0.2, 0.25) is 0 Å². The van der Waals surface area contributed by atoms with Crippen molar-refractivity contribution >= 4 is 5.97 Å². The molecule has 1 aliphatic rings. The predicted molar refractivity (Wildman–Crippen MR) is 61.7 cm³/mol. The van der Waals surface area contributed by atoms with Gasteiger partial charge >= 0.3 is 5.97 Å². The first kappa shape index (κ1) is 14.7. The molecule has 1 saturated heterocycles. The molecular weight excluding hydrogens is 240 g/mol. The summed E-state index contributed by atoms with van der Waals surface area (Å²) in [6.45, 7) is 0.426. The number of unbranched alkanes of at least 4 members (excludes halogenated alkanes) is 2. The smallest absolute Gasteiger partial charge is 0.325 e. The fourth-order valence-corrected chi connectivity index (χ4v) is 1.71. The van der Waals surface area contributed by atoms with E-state index in [2.05, 4.69) is 10.0 Å². The van der Waals surface area contributed by atoms with Crippen LogP contribution in [0.1, 0.15) is 38.5 Å². The van der Waals surface area contributed by atoms with E-state index in [1.165, 1.54) is 0 Å². The summed E-state index contributed by atoms with van der Waals surface area (Å²) in [5.41, 5.74) is 8.05. The molecule has 102 valence electrons. The van der Waals surface area contributed by atoms with Gasteiger partial charge in [-0.3, -0.25) is 4.79 Å². The summed E-state index contributed by atoms with van der Waals surface area (Å²) in [6.07, 6.45) is 1.27. The first-order valence-electron chi connectivity index (χ1n) is 6.01. The quantitative estimate of drug-likeness (QED) is 0.306. The summed E-state index contributed by atoms with van der Waals surface area (Å²) in [5, 5.41) is 23.2. The number of aliphatic hydroxyl groups is 2. The number of hydrogen-bond donors (Lipinski definition) is 2. The van der Waals surface area contributed by atoms with E-state index in [1.54, 1.807) is 0 Å². The van der Waals surface area contributed by atoms with E-state index in [0.717, 1.165) is 17.9 Å². The second kappa shape index (κ2) is 7.88. The highest BCUT2D eigenvalue weighted by atomic mass is 16.7. The zero-order chi connectivity index (χ0) is 13.4. The second-order valence-corrected chi connectivity index (χ2v) is 4.13. The lowest BCUT2D eigenvalue weighted by atomic mass is 10.2. The van der Waals surface area contributed by atoms with Gasteiger partial charge in [-0.05, 0) is 31.2 Å². The second-order valence-electron chi connectivity index (χ2n) is 4.13. The summed E-state index contributed by atoms with van der Waals surface area (Å²) in [5.74, 6) is -0.473. The molecular formula is C10H18N4O4. The molecule has 2 atom stereocenters. The lowest BCUT2D eigenvalue weighted by Crippen LogP contribution is -2.37. The van der Waals surface area contributed by atoms with Crippen LogP contribution in [-0.2, 0) is 9.63 Å². The van der Waals surface area contributed by atoms with Crippen molar-refractivity contribution in [2.24, 2.45) is 5.11 Å². The fraction of sp³-hybridized carbons (Fsp3) is 0.900. The third-order valence-electron chi connectivity index (χ3n) is 2.68. The van der Waals surface area contributed by atoms with E-state index in [1.807, 2.05) is 0 Å². The van der Waals surface area contributed by atoms with Crippen LogP contribution in [0.5, 0.6) is 0 Å². The number of rotatable bonds is 7. The number of carbonyl (C=O) groups excluding carboxylic acids is 1. The van der Waals surface area contributed by atoms with Crippen molar-refractivity contribution in [3.63, 3.8) is 0 Å². The predicted octanol–water partition coefficient (Wildman–Crippen LogP) is 1.05. The van der Waals surface area contributed by atoms with Crippen LogP contribution in [-0.4, -0.2) is 40.2 Å². The van der Waals surface area contributed by atoms with Crippen LogP contribution in [0.25, 0.3) is 10.4 Å². The number of hydroxylamine groups is 2. The monoisotopic (exact) mass is 258 g/mol. The molecule has 0 aromatic carbocycles. The van der Waals surface area contributed by atoms with Crippen LogP contribution in [0.15, 0.2) is 5.11 Å². The van der Waals surface area contributed by atoms with Crippen molar-refractivity contribution in [1.29, 1.82) is 0 Å². The molecule has 1 fully saturated rings. The lowest BCUT2D eigenvalue weighted by molar-refractivity contribution is -0.261. The van der Waals surface area contributed by atoms with Crippen molar-refractivity contribution in [2.45, 2.75) is 51.0 Å². The third-order valence-corrected chi connectivity index (χ3v) is 2.68. The van der Waals surface area contributed by atoms with Gasteiger partial charge in [-0.15, -0.1) is 0 Å². The van der Waals surface area contributed by atoms with Gasteiger partial charge in [0.2, 0.25) is 0 Å². The van der Waals surface area contributed by atoms with Gasteiger partial charge < -0.3 is 15.1 Å². The SMILES string of the molecule is [N-]=[N+]=NCCCCCC(=O)ON1C(O)CCC1O. The first-order chi connectivity index (χ1) is 8.65. The Bertz CT molecular complexity index is 309. The number of nitrogens with zero attached hydrogens (tertiary/aromatic N) is 4. The Kier molecular flexibility index (Phi) is 6.45. The number of carbonyl (C=O) groups is 1. The Labute approximate surface area is 105 Å². The van der Waals surface area contributed by atoms with Gasteiger partial charge in [-0.1, -0.05) is 16.6 Å². The van der Waals surface area contributed by atoms with Crippen molar-refractivity contribution in [3.8, 4) is 0 Å². The molecule has 0 radical (unpaired) electrons. The minimum Gasteiger partial charge on any atom is -0.375 e. The molecule has 0 spiro atoms. The van der Waals surface area contributed by atoms with Crippen molar-refractivity contribution in [1.82, 2.24) is 5.06 Å². The summed E-state index contributed by atoms with van der Waals surface area (Å²) in [7, 11) is 0. The fourth-order valence-electron chi connectivity index (χ4n) is 1.71. The Morgan fingerprint density at radius 3 is 2.61 bits per heavy atom. The highest BCUT2D eigenvalue weighted by molar-refractivity contribution is 5.68. The van der Waals surface area contributed by atoms with Crippen molar-refractivity contribution in [2.75, 3.05) is 6.54 Å². The summed E-state index contributed by atoms with van der Waals surface area (Å²) in [6, 6.07) is 0. The number of aliphatic hydroxyl groups excluding tert-OH is 2. The molecule has 8 nitrogen and oxygen atoms in total. The van der Waals surface area contributed by atoms with Crippen LogP contribution in [0.4, 0.5) is 0 Å². The Balaban J connectivity index is 2.12. The van der Waals surface area contributed by atoms with E-state index in [0.29, 0.717) is 25.8 Å². The maximum Gasteiger partial charge on any atom is 0.325 e. The van der Waals surface area contributed by atoms with Gasteiger partial charge in [0.15, 0.2) is 0 Å². The minimum atomic E-state index is -0.922. The Morgan fingerprint density at radius 1 is 1.33 bits per heavy atom. The Morgan fingerprint density at radius 2 is 2.00 bits per heavy atom. The molecule has 0 aliphatic carbocycles.